The van der Waals surface area contributed by atoms with E-state index in [-0.39, 0.29) is 26.1 Å². The molecule has 0 aliphatic heterocycles. The van der Waals surface area contributed by atoms with Gasteiger partial charge in [0.1, 0.15) is 18.3 Å². The molecule has 2 fully saturated rings. The molecular weight excluding hydrogens is 550 g/mol. The van der Waals surface area contributed by atoms with Gasteiger partial charge in [0.05, 0.1) is 19.3 Å². The summed E-state index contributed by atoms with van der Waals surface area (Å²) >= 11 is 0. The van der Waals surface area contributed by atoms with Crippen molar-refractivity contribution in [3.63, 3.8) is 0 Å². The molecule has 2 aliphatic rings. The van der Waals surface area contributed by atoms with E-state index in [0.29, 0.717) is 0 Å². The first-order valence-electron chi connectivity index (χ1n) is 13.2. The van der Waals surface area contributed by atoms with Gasteiger partial charge in [0, 0.05) is 65.5 Å². The number of aliphatic hydroxyl groups is 2. The Balaban J connectivity index is 2.46. The monoisotopic (exact) mass is 589 g/mol. The molecule has 3 N–H and O–H groups in total. The van der Waals surface area contributed by atoms with Crippen molar-refractivity contribution in [2.24, 2.45) is 11.8 Å². The lowest BCUT2D eigenvalue weighted by Crippen LogP contribution is -2.67. The summed E-state index contributed by atoms with van der Waals surface area (Å²) in [7, 11) is 0. The molecule has 10 atom stereocenters. The molecule has 15 heteroatoms. The molecule has 2 aliphatic carbocycles. The molecule has 0 amide bonds. The highest BCUT2D eigenvalue weighted by atomic mass is 16.6. The van der Waals surface area contributed by atoms with Crippen molar-refractivity contribution in [2.45, 2.75) is 103 Å². The zero-order valence-electron chi connectivity index (χ0n) is 23.9. The SMILES string of the molecule is CC(=O)OC[C@H]1C[C@H](N[C@H]2C[C@H](COC(C)=O)[C@@H](OC(C)=O)[C@H](OC(C)=O)[C@H]2OC(C)=O)[C@H](O)[C@@H](O)[C@@H]1OC(C)=O. The summed E-state index contributed by atoms with van der Waals surface area (Å²) in [6, 6.07) is -1.82. The van der Waals surface area contributed by atoms with Crippen LogP contribution in [0, 0.1) is 11.8 Å². The number of hydrogen-bond donors (Lipinski definition) is 3. The van der Waals surface area contributed by atoms with Gasteiger partial charge in [-0.3, -0.25) is 28.8 Å². The highest BCUT2D eigenvalue weighted by Gasteiger charge is 2.53. The number of rotatable bonds is 10. The second kappa shape index (κ2) is 15.1. The van der Waals surface area contributed by atoms with E-state index in [1.54, 1.807) is 0 Å². The van der Waals surface area contributed by atoms with Crippen LogP contribution in [0.5, 0.6) is 0 Å². The maximum absolute atomic E-state index is 12.1. The van der Waals surface area contributed by atoms with Crippen molar-refractivity contribution in [3.05, 3.63) is 0 Å². The quantitative estimate of drug-likeness (QED) is 0.204. The summed E-state index contributed by atoms with van der Waals surface area (Å²) in [4.78, 5) is 70.9. The highest BCUT2D eigenvalue weighted by molar-refractivity contribution is 5.69. The second-order valence-electron chi connectivity index (χ2n) is 10.3. The minimum atomic E-state index is -1.59. The maximum atomic E-state index is 12.1. The van der Waals surface area contributed by atoms with Gasteiger partial charge >= 0.3 is 35.8 Å². The van der Waals surface area contributed by atoms with Crippen LogP contribution in [0.4, 0.5) is 0 Å². The Labute approximate surface area is 237 Å². The molecular formula is C26H39NO14. The zero-order chi connectivity index (χ0) is 31.0. The Morgan fingerprint density at radius 1 is 0.537 bits per heavy atom. The first kappa shape index (κ1) is 33.9. The van der Waals surface area contributed by atoms with Crippen LogP contribution in [-0.4, -0.2) is 108 Å². The summed E-state index contributed by atoms with van der Waals surface area (Å²) in [5.74, 6) is -5.64. The fourth-order valence-electron chi connectivity index (χ4n) is 5.35. The summed E-state index contributed by atoms with van der Waals surface area (Å²) in [6.45, 7) is 6.43. The lowest BCUT2D eigenvalue weighted by molar-refractivity contribution is -0.206. The average Bonchev–Trinajstić information content (AvgIpc) is 2.84. The normalized spacial score (nSPS) is 33.1. The van der Waals surface area contributed by atoms with E-state index >= 15 is 0 Å². The Morgan fingerprint density at radius 3 is 1.39 bits per heavy atom. The zero-order valence-corrected chi connectivity index (χ0v) is 23.9. The van der Waals surface area contributed by atoms with Crippen LogP contribution in [0.1, 0.15) is 54.4 Å². The molecule has 0 spiro atoms. The Hall–Kier alpha value is -3.30. The van der Waals surface area contributed by atoms with Gasteiger partial charge in [-0.2, -0.15) is 0 Å². The van der Waals surface area contributed by atoms with Gasteiger partial charge in [0.15, 0.2) is 12.2 Å². The standard InChI is InChI=1S/C26H39NO14/c1-11(28)36-9-17-7-19(21(34)22(35)23(17)38-13(3)30)27-20-8-18(10-37-12(2)29)24(39-14(4)31)26(41-16(6)33)25(20)40-15(5)32/h17-27,34-35H,7-10H2,1-6H3/t17-,18-,19+,20+,21+,22-,23-,24-,25+,26+/m1/s1. The van der Waals surface area contributed by atoms with Crippen molar-refractivity contribution in [1.29, 1.82) is 0 Å². The topological polar surface area (TPSA) is 210 Å². The van der Waals surface area contributed by atoms with Crippen LogP contribution in [0.25, 0.3) is 0 Å². The minimum absolute atomic E-state index is 0.0347. The maximum Gasteiger partial charge on any atom is 0.303 e. The summed E-state index contributed by atoms with van der Waals surface area (Å²) in [5, 5.41) is 25.0. The molecule has 15 nitrogen and oxygen atoms in total. The van der Waals surface area contributed by atoms with Crippen LogP contribution in [0.15, 0.2) is 0 Å². The van der Waals surface area contributed by atoms with E-state index in [0.717, 1.165) is 27.7 Å². The van der Waals surface area contributed by atoms with E-state index in [4.69, 9.17) is 28.4 Å². The molecule has 0 aromatic heterocycles. The molecule has 232 valence electrons. The molecule has 0 saturated heterocycles. The van der Waals surface area contributed by atoms with Crippen LogP contribution in [0.2, 0.25) is 0 Å². The van der Waals surface area contributed by atoms with Crippen molar-refractivity contribution in [1.82, 2.24) is 5.32 Å². The van der Waals surface area contributed by atoms with E-state index in [1.807, 2.05) is 0 Å². The van der Waals surface area contributed by atoms with Crippen LogP contribution < -0.4 is 5.32 Å². The summed E-state index contributed by atoms with van der Waals surface area (Å²) < 4.78 is 31.9. The van der Waals surface area contributed by atoms with Gasteiger partial charge in [0.2, 0.25) is 0 Å². The van der Waals surface area contributed by atoms with Crippen LogP contribution in [-0.2, 0) is 57.2 Å². The van der Waals surface area contributed by atoms with Gasteiger partial charge < -0.3 is 44.0 Å². The van der Waals surface area contributed by atoms with Crippen LogP contribution in [0.3, 0.4) is 0 Å². The second-order valence-corrected chi connectivity index (χ2v) is 10.3. The van der Waals surface area contributed by atoms with E-state index < -0.39 is 96.4 Å². The molecule has 0 aromatic carbocycles. The molecule has 0 aromatic rings. The largest absolute Gasteiger partial charge is 0.465 e. The number of hydrogen-bond acceptors (Lipinski definition) is 15. The molecule has 2 rings (SSSR count). The van der Waals surface area contributed by atoms with Gasteiger partial charge in [0.25, 0.3) is 0 Å². The average molecular weight is 590 g/mol. The lowest BCUT2D eigenvalue weighted by Gasteiger charge is -2.48. The molecule has 0 bridgehead atoms. The summed E-state index contributed by atoms with van der Waals surface area (Å²) in [5.41, 5.74) is 0. The van der Waals surface area contributed by atoms with Gasteiger partial charge in [-0.25, -0.2) is 0 Å². The van der Waals surface area contributed by atoms with E-state index in [2.05, 4.69) is 5.32 Å². The predicted molar refractivity (Wildman–Crippen MR) is 134 cm³/mol. The van der Waals surface area contributed by atoms with Crippen LogP contribution >= 0.6 is 0 Å². The molecule has 0 radical (unpaired) electrons. The number of aliphatic hydroxyl groups excluding tert-OH is 2. The first-order chi connectivity index (χ1) is 19.1. The first-order valence-corrected chi connectivity index (χ1v) is 13.2. The molecule has 0 heterocycles. The van der Waals surface area contributed by atoms with E-state index in [1.165, 1.54) is 13.8 Å². The summed E-state index contributed by atoms with van der Waals surface area (Å²) in [6.07, 6.45) is -7.93. The number of carbonyl (C=O) groups excluding carboxylic acids is 6. The Kier molecular flexibility index (Phi) is 12.5. The number of esters is 6. The van der Waals surface area contributed by atoms with Gasteiger partial charge in [-0.15, -0.1) is 0 Å². The highest BCUT2D eigenvalue weighted by Crippen LogP contribution is 2.35. The third kappa shape index (κ3) is 9.93. The lowest BCUT2D eigenvalue weighted by atomic mass is 9.76. The molecule has 0 unspecified atom stereocenters. The minimum Gasteiger partial charge on any atom is -0.465 e. The molecule has 2 saturated carbocycles. The van der Waals surface area contributed by atoms with Crippen molar-refractivity contribution in [3.8, 4) is 0 Å². The van der Waals surface area contributed by atoms with Crippen molar-refractivity contribution < 1.29 is 67.4 Å². The fraction of sp³-hybridized carbons (Fsp3) is 0.769. The van der Waals surface area contributed by atoms with Gasteiger partial charge in [-0.05, 0) is 12.8 Å². The smallest absolute Gasteiger partial charge is 0.303 e. The van der Waals surface area contributed by atoms with Crippen molar-refractivity contribution >= 4 is 35.8 Å². The van der Waals surface area contributed by atoms with Crippen molar-refractivity contribution in [2.75, 3.05) is 13.2 Å². The van der Waals surface area contributed by atoms with Gasteiger partial charge in [-0.1, -0.05) is 0 Å². The fourth-order valence-corrected chi connectivity index (χ4v) is 5.35. The third-order valence-electron chi connectivity index (χ3n) is 6.82. The number of carbonyl (C=O) groups is 6. The predicted octanol–water partition coefficient (Wildman–Crippen LogP) is -1.07. The third-order valence-corrected chi connectivity index (χ3v) is 6.82. The Morgan fingerprint density at radius 2 is 0.927 bits per heavy atom. The number of nitrogens with one attached hydrogen (secondary N) is 1. The Bertz CT molecular complexity index is 985. The van der Waals surface area contributed by atoms with E-state index in [9.17, 15) is 39.0 Å². The molecule has 41 heavy (non-hydrogen) atoms. The number of ether oxygens (including phenoxy) is 6.